The molecule has 3 aliphatic rings. The standard InChI is InChI=1S/C29H38ClN3O4S/c1-5-16-31(4)25(35)22-23-26(36)33(18-8-7-9-19-34)24(29(23)15-14-28(22,3)38-29)27(37)32(17-6-2)21-12-10-20(30)11-13-21/h5-6,10-13,22-24,34H,1-2,7-9,14-19H2,3-4H3/t22-,23+,24?,28+,29?/m1/s1. The molecule has 3 fully saturated rings. The second kappa shape index (κ2) is 11.4. The van der Waals surface area contributed by atoms with Crippen molar-refractivity contribution in [2.45, 2.75) is 54.6 Å². The lowest BCUT2D eigenvalue weighted by molar-refractivity contribution is -0.144. The molecule has 2 bridgehead atoms. The van der Waals surface area contributed by atoms with E-state index in [0.29, 0.717) is 43.1 Å². The Morgan fingerprint density at radius 3 is 2.45 bits per heavy atom. The molecule has 3 saturated heterocycles. The van der Waals surface area contributed by atoms with E-state index >= 15 is 0 Å². The number of aliphatic hydroxyl groups excluding tert-OH is 1. The van der Waals surface area contributed by atoms with Gasteiger partial charge in [-0.3, -0.25) is 14.4 Å². The minimum absolute atomic E-state index is 0.0613. The maximum Gasteiger partial charge on any atom is 0.251 e. The summed E-state index contributed by atoms with van der Waals surface area (Å²) < 4.78 is -1.10. The van der Waals surface area contributed by atoms with Crippen molar-refractivity contribution in [2.75, 3.05) is 38.2 Å². The molecule has 1 spiro atoms. The van der Waals surface area contributed by atoms with Gasteiger partial charge in [0, 0.05) is 48.7 Å². The van der Waals surface area contributed by atoms with Gasteiger partial charge in [-0.25, -0.2) is 0 Å². The van der Waals surface area contributed by atoms with E-state index in [0.717, 1.165) is 12.8 Å². The maximum absolute atomic E-state index is 14.5. The predicted molar refractivity (Wildman–Crippen MR) is 153 cm³/mol. The number of aliphatic hydroxyl groups is 1. The number of fused-ring (bicyclic) bond motifs is 1. The normalized spacial score (nSPS) is 29.3. The Hall–Kier alpha value is -2.29. The number of anilines is 1. The number of hydrogen-bond donors (Lipinski definition) is 1. The van der Waals surface area contributed by atoms with Gasteiger partial charge in [-0.05, 0) is 63.3 Å². The largest absolute Gasteiger partial charge is 0.396 e. The first-order valence-corrected chi connectivity index (χ1v) is 14.5. The fourth-order valence-electron chi connectivity index (χ4n) is 6.63. The van der Waals surface area contributed by atoms with Crippen LogP contribution in [-0.4, -0.2) is 81.5 Å². The van der Waals surface area contributed by atoms with Crippen molar-refractivity contribution in [2.24, 2.45) is 11.8 Å². The lowest BCUT2D eigenvalue weighted by atomic mass is 9.66. The van der Waals surface area contributed by atoms with E-state index in [1.165, 1.54) is 0 Å². The molecule has 0 saturated carbocycles. The average molecular weight is 560 g/mol. The number of unbranched alkanes of at least 4 members (excludes halogenated alkanes) is 2. The quantitative estimate of drug-likeness (QED) is 0.307. The van der Waals surface area contributed by atoms with E-state index in [9.17, 15) is 19.5 Å². The van der Waals surface area contributed by atoms with Gasteiger partial charge in [-0.1, -0.05) is 23.8 Å². The Kier molecular flexibility index (Phi) is 8.65. The number of carbonyl (C=O) groups excluding carboxylic acids is 3. The van der Waals surface area contributed by atoms with Crippen molar-refractivity contribution in [1.29, 1.82) is 0 Å². The lowest BCUT2D eigenvalue weighted by Crippen LogP contribution is -2.55. The highest BCUT2D eigenvalue weighted by atomic mass is 35.5. The third-order valence-corrected chi connectivity index (χ3v) is 10.6. The summed E-state index contributed by atoms with van der Waals surface area (Å²) in [6.07, 6.45) is 6.91. The van der Waals surface area contributed by atoms with Gasteiger partial charge in [0.2, 0.25) is 11.8 Å². The van der Waals surface area contributed by atoms with Crippen molar-refractivity contribution in [3.63, 3.8) is 0 Å². The molecule has 206 valence electrons. The van der Waals surface area contributed by atoms with Crippen LogP contribution in [0.15, 0.2) is 49.6 Å². The first-order chi connectivity index (χ1) is 18.1. The van der Waals surface area contributed by atoms with E-state index in [2.05, 4.69) is 20.1 Å². The molecule has 2 unspecified atom stereocenters. The van der Waals surface area contributed by atoms with Crippen LogP contribution >= 0.6 is 23.4 Å². The third kappa shape index (κ3) is 4.80. The molecule has 1 aromatic rings. The third-order valence-electron chi connectivity index (χ3n) is 8.33. The molecule has 5 atom stereocenters. The Balaban J connectivity index is 1.76. The van der Waals surface area contributed by atoms with Crippen LogP contribution in [0, 0.1) is 11.8 Å². The zero-order valence-electron chi connectivity index (χ0n) is 22.3. The van der Waals surface area contributed by atoms with Gasteiger partial charge in [0.05, 0.1) is 16.6 Å². The summed E-state index contributed by atoms with van der Waals surface area (Å²) in [6.45, 7) is 10.9. The summed E-state index contributed by atoms with van der Waals surface area (Å²) in [5, 5.41) is 9.82. The fourth-order valence-corrected chi connectivity index (χ4v) is 9.10. The highest BCUT2D eigenvalue weighted by molar-refractivity contribution is 8.02. The molecule has 1 aromatic carbocycles. The topological polar surface area (TPSA) is 81.2 Å². The maximum atomic E-state index is 14.5. The monoisotopic (exact) mass is 559 g/mol. The Morgan fingerprint density at radius 1 is 1.13 bits per heavy atom. The first kappa shape index (κ1) is 28.7. The number of halogens is 1. The molecule has 3 aliphatic heterocycles. The van der Waals surface area contributed by atoms with Gasteiger partial charge in [0.1, 0.15) is 6.04 Å². The van der Waals surface area contributed by atoms with Gasteiger partial charge < -0.3 is 19.8 Å². The van der Waals surface area contributed by atoms with Crippen molar-refractivity contribution in [1.82, 2.24) is 9.80 Å². The second-order valence-corrected chi connectivity index (χ2v) is 13.1. The Bertz CT molecular complexity index is 1100. The number of rotatable bonds is 12. The molecule has 0 aliphatic carbocycles. The van der Waals surface area contributed by atoms with E-state index in [4.69, 9.17) is 11.6 Å². The molecule has 0 radical (unpaired) electrons. The average Bonchev–Trinajstić information content (AvgIpc) is 3.46. The predicted octanol–water partition coefficient (Wildman–Crippen LogP) is 4.15. The number of benzene rings is 1. The Morgan fingerprint density at radius 2 is 1.82 bits per heavy atom. The van der Waals surface area contributed by atoms with E-state index in [1.807, 2.05) is 0 Å². The van der Waals surface area contributed by atoms with E-state index < -0.39 is 27.4 Å². The van der Waals surface area contributed by atoms with E-state index in [1.54, 1.807) is 69.9 Å². The molecule has 9 heteroatoms. The summed E-state index contributed by atoms with van der Waals surface area (Å²) in [5.74, 6) is -1.39. The number of carbonyl (C=O) groups is 3. The summed E-state index contributed by atoms with van der Waals surface area (Å²) in [7, 11) is 1.75. The molecular formula is C29H38ClN3O4S. The first-order valence-electron chi connectivity index (χ1n) is 13.3. The smallest absolute Gasteiger partial charge is 0.251 e. The number of thioether (sulfide) groups is 1. The van der Waals surface area contributed by atoms with Crippen molar-refractivity contribution in [3.8, 4) is 0 Å². The van der Waals surface area contributed by atoms with Crippen LogP contribution in [0.4, 0.5) is 5.69 Å². The molecule has 0 aromatic heterocycles. The highest BCUT2D eigenvalue weighted by Crippen LogP contribution is 2.71. The van der Waals surface area contributed by atoms with Crippen LogP contribution in [0.5, 0.6) is 0 Å². The van der Waals surface area contributed by atoms with Gasteiger partial charge in [0.25, 0.3) is 5.91 Å². The number of nitrogens with zero attached hydrogens (tertiary/aromatic N) is 3. The number of amides is 3. The number of hydrogen-bond acceptors (Lipinski definition) is 5. The summed E-state index contributed by atoms with van der Waals surface area (Å²) >= 11 is 7.79. The van der Waals surface area contributed by atoms with Crippen molar-refractivity contribution < 1.29 is 19.5 Å². The zero-order chi connectivity index (χ0) is 27.7. The second-order valence-electron chi connectivity index (χ2n) is 10.8. The van der Waals surface area contributed by atoms with Crippen LogP contribution in [0.25, 0.3) is 0 Å². The molecular weight excluding hydrogens is 522 g/mol. The summed E-state index contributed by atoms with van der Waals surface area (Å²) in [6, 6.07) is 6.40. The number of likely N-dealkylation sites (tertiary alicyclic amines) is 1. The minimum Gasteiger partial charge on any atom is -0.396 e. The van der Waals surface area contributed by atoms with Crippen LogP contribution in [0.1, 0.15) is 39.0 Å². The zero-order valence-corrected chi connectivity index (χ0v) is 23.8. The van der Waals surface area contributed by atoms with Gasteiger partial charge in [0.15, 0.2) is 0 Å². The highest BCUT2D eigenvalue weighted by Gasteiger charge is 2.77. The molecule has 3 heterocycles. The molecule has 1 N–H and O–H groups in total. The SMILES string of the molecule is C=CCN(C)C(=O)[C@H]1[C@H]2C(=O)N(CCCCCO)C(C(=O)N(CC=C)c3ccc(Cl)cc3)C23CC[C@]1(C)S3. The lowest BCUT2D eigenvalue weighted by Gasteiger charge is -2.37. The molecule has 38 heavy (non-hydrogen) atoms. The van der Waals surface area contributed by atoms with Crippen molar-refractivity contribution in [3.05, 3.63) is 54.6 Å². The van der Waals surface area contributed by atoms with Gasteiger partial charge in [-0.15, -0.1) is 24.9 Å². The van der Waals surface area contributed by atoms with Crippen LogP contribution in [0.2, 0.25) is 5.02 Å². The number of likely N-dealkylation sites (N-methyl/N-ethyl adjacent to an activating group) is 1. The van der Waals surface area contributed by atoms with Crippen molar-refractivity contribution >= 4 is 46.8 Å². The van der Waals surface area contributed by atoms with Crippen LogP contribution in [-0.2, 0) is 14.4 Å². The van der Waals surface area contributed by atoms with Crippen LogP contribution in [0.3, 0.4) is 0 Å². The molecule has 7 nitrogen and oxygen atoms in total. The van der Waals surface area contributed by atoms with Gasteiger partial charge in [-0.2, -0.15) is 0 Å². The molecule has 3 amide bonds. The van der Waals surface area contributed by atoms with Gasteiger partial charge >= 0.3 is 0 Å². The summed E-state index contributed by atoms with van der Waals surface area (Å²) in [4.78, 5) is 47.5. The van der Waals surface area contributed by atoms with Crippen LogP contribution < -0.4 is 4.90 Å². The molecule has 4 rings (SSSR count). The Labute approximate surface area is 234 Å². The minimum atomic E-state index is -0.695. The fraction of sp³-hybridized carbons (Fsp3) is 0.552. The van der Waals surface area contributed by atoms with E-state index in [-0.39, 0.29) is 30.9 Å². The summed E-state index contributed by atoms with van der Waals surface area (Å²) in [5.41, 5.74) is 0.689.